The van der Waals surface area contributed by atoms with Gasteiger partial charge >= 0.3 is 0 Å². The topological polar surface area (TPSA) is 20.5 Å². The number of hydrogen-bond donors (Lipinski definition) is 0. The Morgan fingerprint density at radius 3 is 2.76 bits per heavy atom. The lowest BCUT2D eigenvalue weighted by Gasteiger charge is -2.27. The molecule has 2 aromatic heterocycles. The minimum absolute atomic E-state index is 0.498. The zero-order valence-electron chi connectivity index (χ0n) is 10.5. The smallest absolute Gasteiger partial charge is 0.195 e. The summed E-state index contributed by atoms with van der Waals surface area (Å²) >= 11 is 7.71. The molecule has 0 N–H and O–H groups in total. The Labute approximate surface area is 111 Å². The fourth-order valence-corrected chi connectivity index (χ4v) is 3.21. The van der Waals surface area contributed by atoms with Crippen LogP contribution in [0.25, 0.3) is 4.96 Å². The first-order valence-electron chi connectivity index (χ1n) is 5.96. The Bertz CT molecular complexity index is 487. The van der Waals surface area contributed by atoms with Crippen LogP contribution in [0.3, 0.4) is 0 Å². The number of anilines is 1. The van der Waals surface area contributed by atoms with E-state index in [-0.39, 0.29) is 0 Å². The molecule has 0 unspecified atom stereocenters. The second-order valence-corrected chi connectivity index (χ2v) is 5.29. The molecule has 3 nitrogen and oxygen atoms in total. The van der Waals surface area contributed by atoms with Crippen molar-refractivity contribution in [3.05, 3.63) is 17.3 Å². The molecule has 0 amide bonds. The second kappa shape index (κ2) is 5.27. The standard InChI is InChI=1S/C12H18ClN3S/c1-4-9(5-2)15(3)11-10(8-13)16-6-7-17-12(16)14-11/h6-7,9H,4-5,8H2,1-3H3. The Morgan fingerprint density at radius 2 is 2.18 bits per heavy atom. The molecule has 17 heavy (non-hydrogen) atoms. The maximum Gasteiger partial charge on any atom is 0.195 e. The lowest BCUT2D eigenvalue weighted by Crippen LogP contribution is -2.31. The van der Waals surface area contributed by atoms with Gasteiger partial charge in [0.25, 0.3) is 0 Å². The molecular formula is C12H18ClN3S. The minimum Gasteiger partial charge on any atom is -0.355 e. The number of imidazole rings is 1. The van der Waals surface area contributed by atoms with Crippen LogP contribution in [-0.2, 0) is 5.88 Å². The Kier molecular flexibility index (Phi) is 3.94. The molecule has 0 aliphatic carbocycles. The molecule has 0 atom stereocenters. The van der Waals surface area contributed by atoms with E-state index >= 15 is 0 Å². The Morgan fingerprint density at radius 1 is 1.47 bits per heavy atom. The van der Waals surface area contributed by atoms with E-state index in [2.05, 4.69) is 35.2 Å². The van der Waals surface area contributed by atoms with Crippen LogP contribution in [0, 0.1) is 0 Å². The van der Waals surface area contributed by atoms with Crippen molar-refractivity contribution in [2.75, 3.05) is 11.9 Å². The molecule has 5 heteroatoms. The average Bonchev–Trinajstić information content (AvgIpc) is 2.89. The summed E-state index contributed by atoms with van der Waals surface area (Å²) in [7, 11) is 2.11. The van der Waals surface area contributed by atoms with Gasteiger partial charge < -0.3 is 4.90 Å². The molecule has 0 aliphatic rings. The molecule has 0 fully saturated rings. The van der Waals surface area contributed by atoms with Gasteiger partial charge in [-0.2, -0.15) is 0 Å². The normalized spacial score (nSPS) is 11.6. The highest BCUT2D eigenvalue weighted by Gasteiger charge is 2.19. The molecule has 94 valence electrons. The van der Waals surface area contributed by atoms with Crippen molar-refractivity contribution in [3.8, 4) is 0 Å². The molecule has 0 saturated carbocycles. The molecule has 2 rings (SSSR count). The average molecular weight is 272 g/mol. The van der Waals surface area contributed by atoms with Gasteiger partial charge in [-0.15, -0.1) is 22.9 Å². The van der Waals surface area contributed by atoms with Gasteiger partial charge in [-0.3, -0.25) is 4.40 Å². The van der Waals surface area contributed by atoms with Crippen molar-refractivity contribution in [2.24, 2.45) is 0 Å². The van der Waals surface area contributed by atoms with Crippen LogP contribution >= 0.6 is 22.9 Å². The first kappa shape index (κ1) is 12.7. The van der Waals surface area contributed by atoms with Gasteiger partial charge in [-0.05, 0) is 12.8 Å². The van der Waals surface area contributed by atoms with E-state index in [9.17, 15) is 0 Å². The van der Waals surface area contributed by atoms with E-state index in [1.807, 2.05) is 11.6 Å². The van der Waals surface area contributed by atoms with Crippen molar-refractivity contribution < 1.29 is 0 Å². The van der Waals surface area contributed by atoms with Crippen molar-refractivity contribution in [3.63, 3.8) is 0 Å². The van der Waals surface area contributed by atoms with Gasteiger partial charge in [0.15, 0.2) is 10.8 Å². The van der Waals surface area contributed by atoms with Crippen molar-refractivity contribution in [2.45, 2.75) is 38.6 Å². The predicted molar refractivity (Wildman–Crippen MR) is 75.4 cm³/mol. The Hall–Kier alpha value is -0.740. The minimum atomic E-state index is 0.498. The van der Waals surface area contributed by atoms with Crippen molar-refractivity contribution >= 4 is 33.7 Å². The second-order valence-electron chi connectivity index (χ2n) is 4.15. The predicted octanol–water partition coefficient (Wildman–Crippen LogP) is 3.76. The highest BCUT2D eigenvalue weighted by atomic mass is 35.5. The first-order chi connectivity index (χ1) is 8.22. The van der Waals surface area contributed by atoms with Crippen molar-refractivity contribution in [1.29, 1.82) is 0 Å². The van der Waals surface area contributed by atoms with E-state index in [0.717, 1.165) is 29.3 Å². The van der Waals surface area contributed by atoms with Gasteiger partial charge in [0, 0.05) is 24.7 Å². The number of thiazole rings is 1. The van der Waals surface area contributed by atoms with Crippen LogP contribution in [0.2, 0.25) is 0 Å². The van der Waals surface area contributed by atoms with Crippen LogP contribution in [0.4, 0.5) is 5.82 Å². The van der Waals surface area contributed by atoms with Gasteiger partial charge in [-0.25, -0.2) is 4.98 Å². The number of rotatable bonds is 5. The monoisotopic (exact) mass is 271 g/mol. The maximum atomic E-state index is 6.06. The highest BCUT2D eigenvalue weighted by Crippen LogP contribution is 2.27. The van der Waals surface area contributed by atoms with Crippen LogP contribution in [0.5, 0.6) is 0 Å². The molecule has 0 bridgehead atoms. The summed E-state index contributed by atoms with van der Waals surface area (Å²) in [4.78, 5) is 7.97. The lowest BCUT2D eigenvalue weighted by atomic mass is 10.1. The first-order valence-corrected chi connectivity index (χ1v) is 7.37. The fraction of sp³-hybridized carbons (Fsp3) is 0.583. The number of hydrogen-bond acceptors (Lipinski definition) is 3. The summed E-state index contributed by atoms with van der Waals surface area (Å²) in [5.41, 5.74) is 1.09. The summed E-state index contributed by atoms with van der Waals surface area (Å²) in [6.07, 6.45) is 4.29. The van der Waals surface area contributed by atoms with Crippen LogP contribution in [0.15, 0.2) is 11.6 Å². The summed E-state index contributed by atoms with van der Waals surface area (Å²) in [6.45, 7) is 4.42. The zero-order chi connectivity index (χ0) is 12.4. The van der Waals surface area contributed by atoms with Gasteiger partial charge in [-0.1, -0.05) is 13.8 Å². The molecule has 2 heterocycles. The zero-order valence-corrected chi connectivity index (χ0v) is 12.1. The van der Waals surface area contributed by atoms with Crippen LogP contribution < -0.4 is 4.90 Å². The van der Waals surface area contributed by atoms with E-state index in [1.165, 1.54) is 0 Å². The largest absolute Gasteiger partial charge is 0.355 e. The summed E-state index contributed by atoms with van der Waals surface area (Å²) in [5, 5.41) is 2.04. The van der Waals surface area contributed by atoms with Gasteiger partial charge in [0.1, 0.15) is 0 Å². The number of fused-ring (bicyclic) bond motifs is 1. The summed E-state index contributed by atoms with van der Waals surface area (Å²) < 4.78 is 2.09. The number of aromatic nitrogens is 2. The van der Waals surface area contributed by atoms with Crippen LogP contribution in [-0.4, -0.2) is 22.5 Å². The Balaban J connectivity index is 2.43. The maximum absolute atomic E-state index is 6.06. The molecule has 0 aliphatic heterocycles. The lowest BCUT2D eigenvalue weighted by molar-refractivity contribution is 0.586. The third kappa shape index (κ3) is 2.16. The molecule has 2 aromatic rings. The third-order valence-corrected chi connectivity index (χ3v) is 4.30. The number of nitrogens with zero attached hydrogens (tertiary/aromatic N) is 3. The highest BCUT2D eigenvalue weighted by molar-refractivity contribution is 7.15. The van der Waals surface area contributed by atoms with E-state index in [0.29, 0.717) is 11.9 Å². The molecule has 0 radical (unpaired) electrons. The van der Waals surface area contributed by atoms with E-state index in [1.54, 1.807) is 11.3 Å². The summed E-state index contributed by atoms with van der Waals surface area (Å²) in [6, 6.07) is 0.529. The molecule has 0 aromatic carbocycles. The van der Waals surface area contributed by atoms with Crippen molar-refractivity contribution in [1.82, 2.24) is 9.38 Å². The van der Waals surface area contributed by atoms with Crippen LogP contribution in [0.1, 0.15) is 32.4 Å². The van der Waals surface area contributed by atoms with Gasteiger partial charge in [0.05, 0.1) is 11.6 Å². The third-order valence-electron chi connectivity index (χ3n) is 3.29. The molecular weight excluding hydrogens is 254 g/mol. The number of halogens is 1. The van der Waals surface area contributed by atoms with E-state index < -0.39 is 0 Å². The summed E-state index contributed by atoms with van der Waals surface area (Å²) in [5.74, 6) is 1.53. The quantitative estimate of drug-likeness (QED) is 0.772. The molecule has 0 saturated heterocycles. The fourth-order valence-electron chi connectivity index (χ4n) is 2.24. The molecule has 0 spiro atoms. The number of alkyl halides is 1. The van der Waals surface area contributed by atoms with E-state index in [4.69, 9.17) is 11.6 Å². The van der Waals surface area contributed by atoms with Gasteiger partial charge in [0.2, 0.25) is 0 Å². The SMILES string of the molecule is CCC(CC)N(C)c1nc2sccn2c1CCl.